The van der Waals surface area contributed by atoms with Crippen LogP contribution in [-0.4, -0.2) is 17.4 Å². The number of fused-ring (bicyclic) bond motifs is 1. The van der Waals surface area contributed by atoms with E-state index >= 15 is 0 Å². The Labute approximate surface area is 190 Å². The van der Waals surface area contributed by atoms with Gasteiger partial charge in [0, 0.05) is 5.75 Å². The van der Waals surface area contributed by atoms with Gasteiger partial charge in [-0.25, -0.2) is 4.79 Å². The second-order valence-corrected chi connectivity index (χ2v) is 7.94. The van der Waals surface area contributed by atoms with E-state index in [-0.39, 0.29) is 0 Å². The molecule has 4 rings (SSSR count). The second kappa shape index (κ2) is 10.4. The first-order chi connectivity index (χ1) is 15.7. The van der Waals surface area contributed by atoms with E-state index in [9.17, 15) is 4.79 Å². The molecule has 0 unspecified atom stereocenters. The predicted molar refractivity (Wildman–Crippen MR) is 132 cm³/mol. The molecule has 6 heteroatoms. The Morgan fingerprint density at radius 2 is 1.59 bits per heavy atom. The molecular weight excluding hydrogens is 418 g/mol. The van der Waals surface area contributed by atoms with E-state index in [0.717, 1.165) is 22.1 Å². The number of nitrogens with zero attached hydrogens (tertiary/aromatic N) is 2. The van der Waals surface area contributed by atoms with Crippen molar-refractivity contribution in [1.29, 1.82) is 0 Å². The monoisotopic (exact) mass is 439 g/mol. The van der Waals surface area contributed by atoms with Crippen molar-refractivity contribution in [2.45, 2.75) is 5.75 Å². The number of carbonyl (C=O) groups excluding carboxylic acids is 1. The Balaban J connectivity index is 1.35. The zero-order valence-corrected chi connectivity index (χ0v) is 18.0. The van der Waals surface area contributed by atoms with E-state index in [1.54, 1.807) is 36.5 Å². The van der Waals surface area contributed by atoms with Crippen LogP contribution in [-0.2, 0) is 5.75 Å². The number of nitrogens with two attached hydrogens (primary N) is 1. The molecule has 0 aliphatic rings. The number of hydrogen-bond donors (Lipinski definition) is 1. The zero-order chi connectivity index (χ0) is 22.2. The standard InChI is InChI=1S/C26H21N3O2S/c27-26(32-18-20-7-2-1-3-8-20)29-28-17-19-13-15-22(16-14-19)31-25(30)24-12-6-10-21-9-4-5-11-23(21)24/h1-17H,18H2,(H2,27,29). The highest BCUT2D eigenvalue weighted by atomic mass is 32.2. The maximum absolute atomic E-state index is 12.6. The van der Waals surface area contributed by atoms with Gasteiger partial charge in [-0.15, -0.1) is 5.10 Å². The molecule has 0 aliphatic carbocycles. The van der Waals surface area contributed by atoms with Gasteiger partial charge in [0.2, 0.25) is 0 Å². The fourth-order valence-corrected chi connectivity index (χ4v) is 3.71. The summed E-state index contributed by atoms with van der Waals surface area (Å²) in [6.45, 7) is 0. The summed E-state index contributed by atoms with van der Waals surface area (Å²) in [4.78, 5) is 12.6. The van der Waals surface area contributed by atoms with Crippen LogP contribution in [0.5, 0.6) is 5.75 Å². The van der Waals surface area contributed by atoms with Crippen molar-refractivity contribution in [1.82, 2.24) is 0 Å². The fourth-order valence-electron chi connectivity index (χ4n) is 3.10. The van der Waals surface area contributed by atoms with Crippen LogP contribution in [0.4, 0.5) is 0 Å². The molecule has 0 radical (unpaired) electrons. The van der Waals surface area contributed by atoms with Crippen LogP contribution in [0.2, 0.25) is 0 Å². The van der Waals surface area contributed by atoms with Crippen LogP contribution in [0, 0.1) is 0 Å². The van der Waals surface area contributed by atoms with Crippen LogP contribution in [0.25, 0.3) is 10.8 Å². The number of carbonyl (C=O) groups is 1. The fraction of sp³-hybridized carbons (Fsp3) is 0.0385. The number of esters is 1. The smallest absolute Gasteiger partial charge is 0.344 e. The van der Waals surface area contributed by atoms with Crippen LogP contribution < -0.4 is 10.5 Å². The van der Waals surface area contributed by atoms with Gasteiger partial charge in [-0.05, 0) is 52.2 Å². The minimum Gasteiger partial charge on any atom is -0.423 e. The maximum atomic E-state index is 12.6. The van der Waals surface area contributed by atoms with Gasteiger partial charge < -0.3 is 10.5 Å². The first-order valence-electron chi connectivity index (χ1n) is 10.0. The summed E-state index contributed by atoms with van der Waals surface area (Å²) in [6.07, 6.45) is 1.60. The molecule has 0 saturated carbocycles. The number of ether oxygens (including phenoxy) is 1. The molecule has 5 nitrogen and oxygen atoms in total. The zero-order valence-electron chi connectivity index (χ0n) is 17.2. The van der Waals surface area contributed by atoms with Crippen molar-refractivity contribution in [3.05, 3.63) is 114 Å². The van der Waals surface area contributed by atoms with Gasteiger partial charge in [0.25, 0.3) is 0 Å². The topological polar surface area (TPSA) is 77.0 Å². The van der Waals surface area contributed by atoms with E-state index in [2.05, 4.69) is 10.2 Å². The Kier molecular flexibility index (Phi) is 6.94. The first kappa shape index (κ1) is 21.3. The van der Waals surface area contributed by atoms with E-state index in [1.807, 2.05) is 66.7 Å². The maximum Gasteiger partial charge on any atom is 0.344 e. The molecule has 0 heterocycles. The largest absolute Gasteiger partial charge is 0.423 e. The van der Waals surface area contributed by atoms with Crippen LogP contribution in [0.1, 0.15) is 21.5 Å². The third-order valence-electron chi connectivity index (χ3n) is 4.69. The summed E-state index contributed by atoms with van der Waals surface area (Å²) in [5.74, 6) is 0.806. The molecule has 4 aromatic rings. The number of amidine groups is 1. The molecule has 0 bridgehead atoms. The van der Waals surface area contributed by atoms with Gasteiger partial charge in [0.15, 0.2) is 5.17 Å². The van der Waals surface area contributed by atoms with Gasteiger partial charge >= 0.3 is 5.97 Å². The lowest BCUT2D eigenvalue weighted by Gasteiger charge is -2.07. The molecule has 0 aromatic heterocycles. The van der Waals surface area contributed by atoms with Crippen molar-refractivity contribution in [3.8, 4) is 5.75 Å². The number of hydrogen-bond acceptors (Lipinski definition) is 5. The summed E-state index contributed by atoms with van der Waals surface area (Å²) in [5, 5.41) is 10.3. The van der Waals surface area contributed by atoms with Crippen molar-refractivity contribution in [3.63, 3.8) is 0 Å². The molecule has 0 saturated heterocycles. The summed E-state index contributed by atoms with van der Waals surface area (Å²) in [5.41, 5.74) is 8.43. The van der Waals surface area contributed by atoms with E-state index < -0.39 is 5.97 Å². The molecular formula is C26H21N3O2S. The second-order valence-electron chi connectivity index (χ2n) is 6.94. The highest BCUT2D eigenvalue weighted by Gasteiger charge is 2.12. The van der Waals surface area contributed by atoms with Crippen molar-refractivity contribution in [2.75, 3.05) is 0 Å². The summed E-state index contributed by atoms with van der Waals surface area (Å²) >= 11 is 1.43. The van der Waals surface area contributed by atoms with Gasteiger partial charge in [0.05, 0.1) is 11.8 Å². The lowest BCUT2D eigenvalue weighted by Crippen LogP contribution is -2.09. The predicted octanol–water partition coefficient (Wildman–Crippen LogP) is 5.64. The molecule has 0 fully saturated rings. The van der Waals surface area contributed by atoms with E-state index in [1.165, 1.54) is 17.3 Å². The summed E-state index contributed by atoms with van der Waals surface area (Å²) in [6, 6.07) is 30.4. The lowest BCUT2D eigenvalue weighted by molar-refractivity contribution is 0.0737. The number of thioether (sulfide) groups is 1. The minimum atomic E-state index is -0.393. The van der Waals surface area contributed by atoms with Gasteiger partial charge in [-0.1, -0.05) is 78.5 Å². The molecule has 158 valence electrons. The van der Waals surface area contributed by atoms with Crippen LogP contribution in [0.3, 0.4) is 0 Å². The molecule has 2 N–H and O–H groups in total. The Morgan fingerprint density at radius 3 is 2.41 bits per heavy atom. The highest BCUT2D eigenvalue weighted by Crippen LogP contribution is 2.21. The quantitative estimate of drug-likeness (QED) is 0.139. The Morgan fingerprint density at radius 1 is 0.875 bits per heavy atom. The molecule has 0 aliphatic heterocycles. The minimum absolute atomic E-state index is 0.393. The van der Waals surface area contributed by atoms with Crippen molar-refractivity contribution < 1.29 is 9.53 Å². The van der Waals surface area contributed by atoms with Crippen molar-refractivity contribution >= 4 is 39.9 Å². The first-order valence-corrected chi connectivity index (χ1v) is 11.0. The third-order valence-corrected chi connectivity index (χ3v) is 5.55. The SMILES string of the molecule is NC(=NN=Cc1ccc(OC(=O)c2cccc3ccccc23)cc1)SCc1ccccc1. The number of benzene rings is 4. The van der Waals surface area contributed by atoms with Crippen molar-refractivity contribution in [2.24, 2.45) is 15.9 Å². The molecule has 4 aromatic carbocycles. The third kappa shape index (κ3) is 5.62. The average Bonchev–Trinajstić information content (AvgIpc) is 2.84. The van der Waals surface area contributed by atoms with Crippen LogP contribution in [0.15, 0.2) is 107 Å². The molecule has 0 atom stereocenters. The molecule has 0 spiro atoms. The summed E-state index contributed by atoms with van der Waals surface area (Å²) < 4.78 is 5.55. The average molecular weight is 440 g/mol. The highest BCUT2D eigenvalue weighted by molar-refractivity contribution is 8.13. The Bertz CT molecular complexity index is 1260. The van der Waals surface area contributed by atoms with Gasteiger partial charge in [-0.2, -0.15) is 5.10 Å². The van der Waals surface area contributed by atoms with E-state index in [0.29, 0.717) is 16.5 Å². The van der Waals surface area contributed by atoms with Gasteiger partial charge in [-0.3, -0.25) is 0 Å². The lowest BCUT2D eigenvalue weighted by atomic mass is 10.0. The Hall–Kier alpha value is -3.90. The van der Waals surface area contributed by atoms with Gasteiger partial charge in [0.1, 0.15) is 5.75 Å². The van der Waals surface area contributed by atoms with E-state index in [4.69, 9.17) is 10.5 Å². The summed E-state index contributed by atoms with van der Waals surface area (Å²) in [7, 11) is 0. The molecule has 0 amide bonds. The molecule has 32 heavy (non-hydrogen) atoms. The normalized spacial score (nSPS) is 11.7. The van der Waals surface area contributed by atoms with Crippen LogP contribution >= 0.6 is 11.8 Å². The number of rotatable bonds is 6.